The number of benzene rings is 4. The van der Waals surface area contributed by atoms with Crippen LogP contribution in [0.5, 0.6) is 17.2 Å². The molecule has 0 spiro atoms. The quantitative estimate of drug-likeness (QED) is 0.119. The van der Waals surface area contributed by atoms with Crippen LogP contribution < -0.4 is 25.1 Å². The Hall–Kier alpha value is -4.38. The Kier molecular flexibility index (Phi) is 10.7. The number of methoxy groups -OCH3 is 2. The minimum Gasteiger partial charge on any atom is -0.497 e. The van der Waals surface area contributed by atoms with Crippen molar-refractivity contribution in [3.05, 3.63) is 124 Å². The van der Waals surface area contributed by atoms with Crippen LogP contribution in [0.1, 0.15) is 34.8 Å². The lowest BCUT2D eigenvalue weighted by molar-refractivity contribution is -0.130. The summed E-state index contributed by atoms with van der Waals surface area (Å²) >= 11 is 3.68. The van der Waals surface area contributed by atoms with E-state index < -0.39 is 11.6 Å². The minimum atomic E-state index is -1.37. The van der Waals surface area contributed by atoms with E-state index in [9.17, 15) is 4.79 Å². The van der Waals surface area contributed by atoms with E-state index in [1.165, 1.54) is 0 Å². The molecule has 0 bridgehead atoms. The fourth-order valence-corrected chi connectivity index (χ4v) is 5.65. The molecular weight excluding hydrogens is 638 g/mol. The first-order valence-corrected chi connectivity index (χ1v) is 15.4. The third-order valence-electron chi connectivity index (χ3n) is 7.44. The fraction of sp³-hybridized carbons (Fsp3) is 0.257. The van der Waals surface area contributed by atoms with Crippen molar-refractivity contribution in [1.29, 1.82) is 0 Å². The van der Waals surface area contributed by atoms with Gasteiger partial charge in [-0.05, 0) is 53.6 Å². The number of halogens is 1. The summed E-state index contributed by atoms with van der Waals surface area (Å²) in [5, 5.41) is 9.06. The van der Waals surface area contributed by atoms with Crippen molar-refractivity contribution in [3.8, 4) is 17.2 Å². The molecule has 0 fully saturated rings. The van der Waals surface area contributed by atoms with Gasteiger partial charge in [0.15, 0.2) is 11.6 Å². The van der Waals surface area contributed by atoms with Crippen molar-refractivity contribution in [2.24, 2.45) is 4.99 Å². The molecule has 0 saturated carbocycles. The zero-order chi connectivity index (χ0) is 31.6. The lowest BCUT2D eigenvalue weighted by Gasteiger charge is -2.31. The van der Waals surface area contributed by atoms with Gasteiger partial charge in [-0.3, -0.25) is 10.2 Å². The van der Waals surface area contributed by atoms with Crippen LogP contribution >= 0.6 is 15.9 Å². The van der Waals surface area contributed by atoms with Gasteiger partial charge in [-0.25, -0.2) is 10.4 Å². The Morgan fingerprint density at radius 1 is 0.911 bits per heavy atom. The molecular formula is C35H36BrN3O6. The van der Waals surface area contributed by atoms with Gasteiger partial charge in [0.25, 0.3) is 5.91 Å². The molecule has 3 N–H and O–H groups in total. The number of carbonyl (C=O) groups is 1. The number of nitrogens with zero attached hydrogens (tertiary/aromatic N) is 1. The third-order valence-corrected chi connectivity index (χ3v) is 8.16. The van der Waals surface area contributed by atoms with E-state index in [2.05, 4.69) is 26.8 Å². The summed E-state index contributed by atoms with van der Waals surface area (Å²) in [4.78, 5) is 19.5. The fourth-order valence-electron chi connectivity index (χ4n) is 5.16. The van der Waals surface area contributed by atoms with E-state index in [1.54, 1.807) is 20.3 Å². The second-order valence-corrected chi connectivity index (χ2v) is 11.4. The predicted molar refractivity (Wildman–Crippen MR) is 176 cm³/mol. The number of aliphatic imine (C=N–C) groups is 1. The first kappa shape index (κ1) is 32.0. The van der Waals surface area contributed by atoms with Crippen LogP contribution in [0.15, 0.2) is 107 Å². The molecule has 1 aliphatic rings. The van der Waals surface area contributed by atoms with Crippen LogP contribution in [-0.2, 0) is 22.5 Å². The Labute approximate surface area is 271 Å². The lowest BCUT2D eigenvalue weighted by Crippen LogP contribution is -2.53. The Bertz CT molecular complexity index is 1590. The van der Waals surface area contributed by atoms with Crippen LogP contribution in [0.2, 0.25) is 0 Å². The van der Waals surface area contributed by atoms with Gasteiger partial charge in [0.1, 0.15) is 17.2 Å². The average Bonchev–Trinajstić information content (AvgIpc) is 3.45. The summed E-state index contributed by atoms with van der Waals surface area (Å²) in [5.41, 5.74) is 7.94. The first-order chi connectivity index (χ1) is 22.0. The van der Waals surface area contributed by atoms with E-state index >= 15 is 0 Å². The van der Waals surface area contributed by atoms with Gasteiger partial charge in [0.05, 0.1) is 20.8 Å². The Balaban J connectivity index is 1.50. The SMILES string of the molecule is COc1cc(CNNC(=O)[C@@]2(Cc3ccccc3)N=C(c3ccc(OCCCO)cc3)O[C@H]2c2ccccc2Br)cc(OC)c1. The maximum atomic E-state index is 14.4. The van der Waals surface area contributed by atoms with Crippen molar-refractivity contribution >= 4 is 27.7 Å². The molecule has 45 heavy (non-hydrogen) atoms. The highest BCUT2D eigenvalue weighted by Gasteiger charge is 2.53. The molecule has 1 heterocycles. The van der Waals surface area contributed by atoms with Crippen LogP contribution in [-0.4, -0.2) is 49.9 Å². The van der Waals surface area contributed by atoms with E-state index in [0.29, 0.717) is 48.3 Å². The van der Waals surface area contributed by atoms with Crippen molar-refractivity contribution < 1.29 is 28.8 Å². The van der Waals surface area contributed by atoms with Gasteiger partial charge < -0.3 is 24.1 Å². The molecule has 9 nitrogen and oxygen atoms in total. The number of carbonyl (C=O) groups excluding carboxylic acids is 1. The summed E-state index contributed by atoms with van der Waals surface area (Å²) in [6, 6.07) is 30.4. The molecule has 1 aliphatic heterocycles. The highest BCUT2D eigenvalue weighted by atomic mass is 79.9. The maximum Gasteiger partial charge on any atom is 0.266 e. The zero-order valence-corrected chi connectivity index (χ0v) is 26.8. The highest BCUT2D eigenvalue weighted by Crippen LogP contribution is 2.44. The molecule has 1 amide bonds. The topological polar surface area (TPSA) is 111 Å². The molecule has 0 aliphatic carbocycles. The van der Waals surface area contributed by atoms with E-state index in [0.717, 1.165) is 21.2 Å². The number of aliphatic hydroxyl groups excluding tert-OH is 1. The third kappa shape index (κ3) is 7.65. The molecule has 0 radical (unpaired) electrons. The number of aliphatic hydroxyl groups is 1. The average molecular weight is 675 g/mol. The molecule has 4 aromatic rings. The van der Waals surface area contributed by atoms with E-state index in [4.69, 9.17) is 29.0 Å². The monoisotopic (exact) mass is 673 g/mol. The summed E-state index contributed by atoms with van der Waals surface area (Å²) in [5.74, 6) is 1.97. The highest BCUT2D eigenvalue weighted by molar-refractivity contribution is 9.10. The van der Waals surface area contributed by atoms with Crippen LogP contribution in [0.3, 0.4) is 0 Å². The number of amides is 1. The molecule has 2 atom stereocenters. The molecule has 0 aromatic heterocycles. The summed E-state index contributed by atoms with van der Waals surface area (Å²) < 4.78 is 23.9. The number of rotatable bonds is 14. The van der Waals surface area contributed by atoms with Crippen molar-refractivity contribution in [3.63, 3.8) is 0 Å². The molecule has 234 valence electrons. The number of ether oxygens (including phenoxy) is 4. The number of hydrazine groups is 1. The molecule has 10 heteroatoms. The Morgan fingerprint density at radius 3 is 2.27 bits per heavy atom. The van der Waals surface area contributed by atoms with E-state index in [-0.39, 0.29) is 18.9 Å². The van der Waals surface area contributed by atoms with Crippen LogP contribution in [0.4, 0.5) is 0 Å². The van der Waals surface area contributed by atoms with Crippen molar-refractivity contribution in [2.75, 3.05) is 27.4 Å². The number of hydrogen-bond acceptors (Lipinski definition) is 8. The van der Waals surface area contributed by atoms with Gasteiger partial charge in [-0.2, -0.15) is 0 Å². The molecule has 4 aromatic carbocycles. The number of hydrogen-bond donors (Lipinski definition) is 3. The normalized spacial score (nSPS) is 17.2. The second-order valence-electron chi connectivity index (χ2n) is 10.5. The first-order valence-electron chi connectivity index (χ1n) is 14.6. The van der Waals surface area contributed by atoms with Gasteiger partial charge >= 0.3 is 0 Å². The molecule has 5 rings (SSSR count). The molecule has 0 saturated heterocycles. The maximum absolute atomic E-state index is 14.4. The van der Waals surface area contributed by atoms with Gasteiger partial charge in [0.2, 0.25) is 5.90 Å². The lowest BCUT2D eigenvalue weighted by atomic mass is 9.82. The summed E-state index contributed by atoms with van der Waals surface area (Å²) in [7, 11) is 3.19. The van der Waals surface area contributed by atoms with Gasteiger partial charge in [-0.1, -0.05) is 64.5 Å². The van der Waals surface area contributed by atoms with Crippen molar-refractivity contribution in [1.82, 2.24) is 10.9 Å². The van der Waals surface area contributed by atoms with Crippen LogP contribution in [0, 0.1) is 0 Å². The Morgan fingerprint density at radius 2 is 1.60 bits per heavy atom. The van der Waals surface area contributed by atoms with Gasteiger partial charge in [0, 0.05) is 47.7 Å². The smallest absolute Gasteiger partial charge is 0.266 e. The van der Waals surface area contributed by atoms with E-state index in [1.807, 2.05) is 91.0 Å². The summed E-state index contributed by atoms with van der Waals surface area (Å²) in [6.07, 6.45) is 0.0796. The van der Waals surface area contributed by atoms with Gasteiger partial charge in [-0.15, -0.1) is 0 Å². The minimum absolute atomic E-state index is 0.0628. The second kappa shape index (κ2) is 15.1. The largest absolute Gasteiger partial charge is 0.497 e. The zero-order valence-electron chi connectivity index (χ0n) is 25.2. The summed E-state index contributed by atoms with van der Waals surface area (Å²) in [6.45, 7) is 0.788. The molecule has 0 unspecified atom stereocenters. The number of nitrogens with one attached hydrogen (secondary N) is 2. The predicted octanol–water partition coefficient (Wildman–Crippen LogP) is 5.55. The van der Waals surface area contributed by atoms with Crippen molar-refractivity contribution in [2.45, 2.75) is 31.0 Å². The standard InChI is InChI=1S/C35H36BrN3O6/c1-42-28-19-25(20-29(21-28)43-2)23-37-39-34(41)35(22-24-9-4-3-5-10-24)32(30-11-6-7-12-31(30)36)45-33(38-35)26-13-15-27(16-14-26)44-18-8-17-40/h3-7,9-16,19-21,32,37,40H,8,17-18,22-23H2,1-2H3,(H,39,41)/t32-,35-/m0/s1. The van der Waals surface area contributed by atoms with Crippen LogP contribution in [0.25, 0.3) is 0 Å².